The first kappa shape index (κ1) is 20.3. The first-order valence-corrected chi connectivity index (χ1v) is 11.4. The third-order valence-corrected chi connectivity index (χ3v) is 6.17. The van der Waals surface area contributed by atoms with Crippen LogP contribution in [-0.4, -0.2) is 16.7 Å². The normalized spacial score (nSPS) is 11.6. The van der Waals surface area contributed by atoms with E-state index in [0.717, 1.165) is 16.6 Å². The molecule has 1 N–H and O–H groups in total. The van der Waals surface area contributed by atoms with Crippen molar-refractivity contribution in [2.75, 3.05) is 0 Å². The Balaban J connectivity index is 1.51. The highest BCUT2D eigenvalue weighted by molar-refractivity contribution is 14.1. The minimum atomic E-state index is -0.0978. The van der Waals surface area contributed by atoms with Crippen LogP contribution < -0.4 is 5.43 Å². The number of halogens is 2. The Hall–Kier alpha value is -1.94. The third kappa shape index (κ3) is 4.63. The van der Waals surface area contributed by atoms with E-state index < -0.39 is 0 Å². The first-order valence-electron chi connectivity index (χ1n) is 9.27. The van der Waals surface area contributed by atoms with Gasteiger partial charge >= 0.3 is 0 Å². The molecule has 0 atom stereocenters. The van der Waals surface area contributed by atoms with E-state index in [2.05, 4.69) is 96.7 Å². The largest absolute Gasteiger partial charge is 0.340 e. The van der Waals surface area contributed by atoms with Gasteiger partial charge in [-0.25, -0.2) is 5.43 Å². The summed E-state index contributed by atoms with van der Waals surface area (Å²) >= 11 is 4.68. The summed E-state index contributed by atoms with van der Waals surface area (Å²) in [5.74, 6) is -0.0978. The molecule has 4 nitrogen and oxygen atoms in total. The first-order chi connectivity index (χ1) is 14.0. The molecule has 0 saturated carbocycles. The molecule has 0 bridgehead atoms. The van der Waals surface area contributed by atoms with E-state index in [9.17, 15) is 4.79 Å². The number of carbonyl (C=O) groups excluding carboxylic acids is 1. The van der Waals surface area contributed by atoms with Crippen LogP contribution in [0.5, 0.6) is 0 Å². The SMILES string of the molecule is Cc1ccc(/C=N\NC(=O)CCn2c3ccc(I)cc3c3cc(I)ccc32)cc1. The fourth-order valence-corrected chi connectivity index (χ4v) is 4.37. The number of carbonyl (C=O) groups is 1. The van der Waals surface area contributed by atoms with Gasteiger partial charge in [0, 0.05) is 41.9 Å². The van der Waals surface area contributed by atoms with Crippen LogP contribution in [0.1, 0.15) is 17.5 Å². The molecule has 1 aromatic heterocycles. The van der Waals surface area contributed by atoms with Crippen molar-refractivity contribution in [2.45, 2.75) is 19.9 Å². The Morgan fingerprint density at radius 3 is 2.14 bits per heavy atom. The van der Waals surface area contributed by atoms with Crippen molar-refractivity contribution in [1.82, 2.24) is 9.99 Å². The van der Waals surface area contributed by atoms with Crippen molar-refractivity contribution >= 4 is 79.1 Å². The average Bonchev–Trinajstić information content (AvgIpc) is 3.00. The van der Waals surface area contributed by atoms with Crippen molar-refractivity contribution < 1.29 is 4.79 Å². The van der Waals surface area contributed by atoms with Gasteiger partial charge in [0.25, 0.3) is 0 Å². The molecule has 1 heterocycles. The molecule has 146 valence electrons. The summed E-state index contributed by atoms with van der Waals surface area (Å²) in [6.45, 7) is 2.65. The van der Waals surface area contributed by atoms with Crippen LogP contribution in [0.4, 0.5) is 0 Å². The van der Waals surface area contributed by atoms with Crippen molar-refractivity contribution in [3.8, 4) is 0 Å². The van der Waals surface area contributed by atoms with Crippen LogP contribution >= 0.6 is 45.2 Å². The Bertz CT molecular complexity index is 1170. The molecule has 4 rings (SSSR count). The van der Waals surface area contributed by atoms with Crippen LogP contribution in [-0.2, 0) is 11.3 Å². The molecular weight excluding hydrogens is 588 g/mol. The van der Waals surface area contributed by atoms with E-state index in [1.807, 2.05) is 31.2 Å². The second-order valence-electron chi connectivity index (χ2n) is 6.93. The van der Waals surface area contributed by atoms with Crippen molar-refractivity contribution in [3.63, 3.8) is 0 Å². The van der Waals surface area contributed by atoms with Gasteiger partial charge in [-0.3, -0.25) is 4.79 Å². The zero-order valence-electron chi connectivity index (χ0n) is 15.8. The van der Waals surface area contributed by atoms with E-state index in [1.54, 1.807) is 6.21 Å². The number of nitrogens with one attached hydrogen (secondary N) is 1. The van der Waals surface area contributed by atoms with Crippen LogP contribution in [0.3, 0.4) is 0 Å². The molecule has 0 radical (unpaired) electrons. The smallest absolute Gasteiger partial charge is 0.241 e. The molecule has 0 aliphatic carbocycles. The number of hydrogen-bond acceptors (Lipinski definition) is 2. The molecule has 29 heavy (non-hydrogen) atoms. The molecule has 0 aliphatic heterocycles. The lowest BCUT2D eigenvalue weighted by Gasteiger charge is -2.07. The summed E-state index contributed by atoms with van der Waals surface area (Å²) in [5.41, 5.74) is 7.10. The number of rotatable bonds is 5. The van der Waals surface area contributed by atoms with E-state index in [1.165, 1.54) is 23.5 Å². The highest BCUT2D eigenvalue weighted by atomic mass is 127. The summed E-state index contributed by atoms with van der Waals surface area (Å²) in [6, 6.07) is 20.9. The fraction of sp³-hybridized carbons (Fsp3) is 0.130. The molecular formula is C23H19I2N3O. The highest BCUT2D eigenvalue weighted by Gasteiger charge is 2.12. The van der Waals surface area contributed by atoms with Crippen LogP contribution in [0, 0.1) is 14.1 Å². The number of aromatic nitrogens is 1. The fourth-order valence-electron chi connectivity index (χ4n) is 3.39. The van der Waals surface area contributed by atoms with Gasteiger partial charge in [-0.15, -0.1) is 0 Å². The van der Waals surface area contributed by atoms with Crippen molar-refractivity contribution in [3.05, 3.63) is 78.9 Å². The predicted octanol–water partition coefficient (Wildman–Crippen LogP) is 5.85. The standard InChI is InChI=1S/C23H19I2N3O/c1-15-2-4-16(5-3-15)14-26-27-23(29)10-11-28-21-8-6-17(24)12-19(21)20-13-18(25)7-9-22(20)28/h2-9,12-14H,10-11H2,1H3,(H,27,29)/b26-14-. The Kier molecular flexibility index (Phi) is 6.19. The molecule has 4 aromatic rings. The highest BCUT2D eigenvalue weighted by Crippen LogP contribution is 2.31. The van der Waals surface area contributed by atoms with Gasteiger partial charge < -0.3 is 4.57 Å². The monoisotopic (exact) mass is 607 g/mol. The molecule has 0 saturated heterocycles. The quantitative estimate of drug-likeness (QED) is 0.173. The topological polar surface area (TPSA) is 46.4 Å². The number of fused-ring (bicyclic) bond motifs is 3. The number of hydrazone groups is 1. The summed E-state index contributed by atoms with van der Waals surface area (Å²) in [6.07, 6.45) is 2.03. The summed E-state index contributed by atoms with van der Waals surface area (Å²) in [4.78, 5) is 12.3. The summed E-state index contributed by atoms with van der Waals surface area (Å²) in [5, 5.41) is 6.53. The molecule has 0 unspecified atom stereocenters. The summed E-state index contributed by atoms with van der Waals surface area (Å²) < 4.78 is 4.63. The Morgan fingerprint density at radius 2 is 1.55 bits per heavy atom. The molecule has 1 amide bonds. The Labute approximate surface area is 196 Å². The van der Waals surface area contributed by atoms with Gasteiger partial charge in [0.05, 0.1) is 6.21 Å². The Morgan fingerprint density at radius 1 is 0.966 bits per heavy atom. The molecule has 6 heteroatoms. The number of hydrogen-bond donors (Lipinski definition) is 1. The van der Waals surface area contributed by atoms with Gasteiger partial charge in [0.15, 0.2) is 0 Å². The lowest BCUT2D eigenvalue weighted by Crippen LogP contribution is -2.19. The van der Waals surface area contributed by atoms with E-state index in [0.29, 0.717) is 13.0 Å². The average molecular weight is 607 g/mol. The number of benzene rings is 3. The lowest BCUT2D eigenvalue weighted by atomic mass is 10.2. The predicted molar refractivity (Wildman–Crippen MR) is 136 cm³/mol. The van der Waals surface area contributed by atoms with Gasteiger partial charge in [0.1, 0.15) is 0 Å². The van der Waals surface area contributed by atoms with Crippen LogP contribution in [0.15, 0.2) is 65.8 Å². The minimum absolute atomic E-state index is 0.0978. The maximum Gasteiger partial charge on any atom is 0.241 e. The van der Waals surface area contributed by atoms with E-state index in [-0.39, 0.29) is 5.91 Å². The summed E-state index contributed by atoms with van der Waals surface area (Å²) in [7, 11) is 0. The van der Waals surface area contributed by atoms with Gasteiger partial charge in [-0.2, -0.15) is 5.10 Å². The van der Waals surface area contributed by atoms with E-state index in [4.69, 9.17) is 0 Å². The molecule has 0 spiro atoms. The third-order valence-electron chi connectivity index (χ3n) is 4.83. The second-order valence-corrected chi connectivity index (χ2v) is 9.42. The maximum atomic E-state index is 12.3. The molecule has 0 fully saturated rings. The van der Waals surface area contributed by atoms with Gasteiger partial charge in [-0.1, -0.05) is 29.8 Å². The minimum Gasteiger partial charge on any atom is -0.340 e. The van der Waals surface area contributed by atoms with Crippen LogP contribution in [0.25, 0.3) is 21.8 Å². The van der Waals surface area contributed by atoms with Crippen molar-refractivity contribution in [2.24, 2.45) is 5.10 Å². The molecule has 0 aliphatic rings. The number of nitrogens with zero attached hydrogens (tertiary/aromatic N) is 2. The number of aryl methyl sites for hydroxylation is 2. The zero-order chi connectivity index (χ0) is 20.4. The maximum absolute atomic E-state index is 12.3. The van der Waals surface area contributed by atoms with E-state index >= 15 is 0 Å². The van der Waals surface area contributed by atoms with Crippen molar-refractivity contribution in [1.29, 1.82) is 0 Å². The lowest BCUT2D eigenvalue weighted by molar-refractivity contribution is -0.121. The van der Waals surface area contributed by atoms with Gasteiger partial charge in [0.2, 0.25) is 5.91 Å². The number of amides is 1. The van der Waals surface area contributed by atoms with Crippen LogP contribution in [0.2, 0.25) is 0 Å². The molecule has 3 aromatic carbocycles. The second kappa shape index (κ2) is 8.83. The van der Waals surface area contributed by atoms with Gasteiger partial charge in [-0.05, 0) is 94.1 Å². The zero-order valence-corrected chi connectivity index (χ0v) is 20.1.